The molecule has 0 saturated carbocycles. The fourth-order valence-corrected chi connectivity index (χ4v) is 3.67. The Hall–Kier alpha value is -3.32. The van der Waals surface area contributed by atoms with Crippen molar-refractivity contribution >= 4 is 21.9 Å². The molecule has 2 aromatic heterocycles. The molecule has 31 heavy (non-hydrogen) atoms. The molecular weight excluding hydrogens is 467 g/mol. The summed E-state index contributed by atoms with van der Waals surface area (Å²) in [6, 6.07) is 7.35. The molecule has 0 aliphatic carbocycles. The number of nitrogens with zero attached hydrogens (tertiary/aromatic N) is 6. The van der Waals surface area contributed by atoms with E-state index in [1.165, 1.54) is 18.2 Å². The molecule has 0 N–H and O–H groups in total. The van der Waals surface area contributed by atoms with Crippen LogP contribution >= 0.6 is 15.9 Å². The topological polar surface area (TPSA) is 96.9 Å². The van der Waals surface area contributed by atoms with Crippen molar-refractivity contribution in [1.29, 1.82) is 5.26 Å². The standard InChI is InChI=1S/C21H18BrFN6O2/c1-13-11-25-21(26-12-13)28-6-4-15(5-7-28)31-19-9-20(30)29(27-17(19)10-24)18-3-2-14(22)8-16(18)23/h2-3,8-9,11-12,15H,4-7H2,1H3. The van der Waals surface area contributed by atoms with E-state index in [9.17, 15) is 14.4 Å². The molecule has 0 amide bonds. The molecule has 1 fully saturated rings. The lowest BCUT2D eigenvalue weighted by molar-refractivity contribution is 0.168. The maximum absolute atomic E-state index is 14.3. The molecule has 3 aromatic rings. The molecule has 1 aromatic carbocycles. The number of halogens is 2. The molecule has 0 radical (unpaired) electrons. The largest absolute Gasteiger partial charge is 0.487 e. The molecule has 4 rings (SSSR count). The first kappa shape index (κ1) is 20.9. The van der Waals surface area contributed by atoms with Crippen molar-refractivity contribution in [2.75, 3.05) is 18.0 Å². The van der Waals surface area contributed by atoms with Gasteiger partial charge in [0.2, 0.25) is 11.6 Å². The Balaban J connectivity index is 1.50. The van der Waals surface area contributed by atoms with Gasteiger partial charge in [-0.25, -0.2) is 14.4 Å². The average Bonchev–Trinajstić information content (AvgIpc) is 2.76. The summed E-state index contributed by atoms with van der Waals surface area (Å²) >= 11 is 3.17. The van der Waals surface area contributed by atoms with Crippen molar-refractivity contribution in [3.8, 4) is 17.5 Å². The Bertz CT molecular complexity index is 1200. The molecule has 158 valence electrons. The van der Waals surface area contributed by atoms with Crippen LogP contribution in [0.2, 0.25) is 0 Å². The molecule has 1 aliphatic rings. The highest BCUT2D eigenvalue weighted by atomic mass is 79.9. The predicted molar refractivity (Wildman–Crippen MR) is 115 cm³/mol. The first-order valence-corrected chi connectivity index (χ1v) is 10.4. The Kier molecular flexibility index (Phi) is 5.95. The second kappa shape index (κ2) is 8.81. The number of piperidine rings is 1. The van der Waals surface area contributed by atoms with E-state index in [-0.39, 0.29) is 23.2 Å². The molecule has 1 aliphatic heterocycles. The lowest BCUT2D eigenvalue weighted by Crippen LogP contribution is -2.39. The Morgan fingerprint density at radius 3 is 2.58 bits per heavy atom. The molecule has 3 heterocycles. The highest BCUT2D eigenvalue weighted by Gasteiger charge is 2.24. The van der Waals surface area contributed by atoms with Crippen molar-refractivity contribution < 1.29 is 9.13 Å². The fraction of sp³-hybridized carbons (Fsp3) is 0.286. The number of benzene rings is 1. The van der Waals surface area contributed by atoms with Gasteiger partial charge in [0.1, 0.15) is 23.7 Å². The third kappa shape index (κ3) is 4.56. The van der Waals surface area contributed by atoms with E-state index in [0.29, 0.717) is 36.4 Å². The summed E-state index contributed by atoms with van der Waals surface area (Å²) < 4.78 is 21.6. The molecule has 0 spiro atoms. The predicted octanol–water partition coefficient (Wildman–Crippen LogP) is 3.15. The zero-order valence-electron chi connectivity index (χ0n) is 16.6. The number of ether oxygens (including phenoxy) is 1. The lowest BCUT2D eigenvalue weighted by Gasteiger charge is -2.32. The van der Waals surface area contributed by atoms with E-state index < -0.39 is 11.4 Å². The first-order valence-electron chi connectivity index (χ1n) is 9.65. The van der Waals surface area contributed by atoms with E-state index in [2.05, 4.69) is 35.9 Å². The van der Waals surface area contributed by atoms with Crippen LogP contribution in [-0.4, -0.2) is 38.9 Å². The van der Waals surface area contributed by atoms with Crippen LogP contribution in [0.5, 0.6) is 5.75 Å². The Labute approximate surface area is 186 Å². The number of aromatic nitrogens is 4. The number of aryl methyl sites for hydroxylation is 1. The first-order chi connectivity index (χ1) is 14.9. The number of rotatable bonds is 4. The summed E-state index contributed by atoms with van der Waals surface area (Å²) in [7, 11) is 0. The van der Waals surface area contributed by atoms with Crippen LogP contribution < -0.4 is 15.2 Å². The van der Waals surface area contributed by atoms with Crippen LogP contribution in [0, 0.1) is 24.1 Å². The summed E-state index contributed by atoms with van der Waals surface area (Å²) in [4.78, 5) is 23.3. The van der Waals surface area contributed by atoms with Crippen LogP contribution in [-0.2, 0) is 0 Å². The van der Waals surface area contributed by atoms with Crippen LogP contribution in [0.1, 0.15) is 24.1 Å². The summed E-state index contributed by atoms with van der Waals surface area (Å²) in [5.41, 5.74) is 0.297. The third-order valence-corrected chi connectivity index (χ3v) is 5.42. The van der Waals surface area contributed by atoms with E-state index >= 15 is 0 Å². The fourth-order valence-electron chi connectivity index (χ4n) is 3.34. The highest BCUT2D eigenvalue weighted by Crippen LogP contribution is 2.23. The number of nitriles is 1. The second-order valence-corrected chi connectivity index (χ2v) is 8.10. The lowest BCUT2D eigenvalue weighted by atomic mass is 10.1. The van der Waals surface area contributed by atoms with Crippen molar-refractivity contribution in [2.45, 2.75) is 25.9 Å². The van der Waals surface area contributed by atoms with Crippen molar-refractivity contribution in [3.63, 3.8) is 0 Å². The maximum Gasteiger partial charge on any atom is 0.275 e. The van der Waals surface area contributed by atoms with Gasteiger partial charge in [0, 0.05) is 42.8 Å². The molecule has 0 atom stereocenters. The molecule has 0 unspecified atom stereocenters. The van der Waals surface area contributed by atoms with E-state index in [1.54, 1.807) is 18.5 Å². The molecule has 1 saturated heterocycles. The maximum atomic E-state index is 14.3. The van der Waals surface area contributed by atoms with E-state index in [1.807, 2.05) is 13.0 Å². The summed E-state index contributed by atoms with van der Waals surface area (Å²) in [5, 5.41) is 13.5. The van der Waals surface area contributed by atoms with Gasteiger partial charge < -0.3 is 9.64 Å². The molecule has 10 heteroatoms. The highest BCUT2D eigenvalue weighted by molar-refractivity contribution is 9.10. The van der Waals surface area contributed by atoms with Crippen LogP contribution in [0.25, 0.3) is 5.69 Å². The third-order valence-electron chi connectivity index (χ3n) is 4.93. The second-order valence-electron chi connectivity index (χ2n) is 7.18. The summed E-state index contributed by atoms with van der Waals surface area (Å²) in [6.07, 6.45) is 4.72. The Morgan fingerprint density at radius 1 is 1.23 bits per heavy atom. The summed E-state index contributed by atoms with van der Waals surface area (Å²) in [6.45, 7) is 3.30. The SMILES string of the molecule is Cc1cnc(N2CCC(Oc3cc(=O)n(-c4ccc(Br)cc4F)nc3C#N)CC2)nc1. The average molecular weight is 485 g/mol. The summed E-state index contributed by atoms with van der Waals surface area (Å²) in [5.74, 6) is 0.140. The number of hydrogen-bond acceptors (Lipinski definition) is 7. The smallest absolute Gasteiger partial charge is 0.275 e. The molecule has 0 bridgehead atoms. The number of anilines is 1. The minimum Gasteiger partial charge on any atom is -0.487 e. The van der Waals surface area contributed by atoms with Gasteiger partial charge in [-0.15, -0.1) is 5.10 Å². The van der Waals surface area contributed by atoms with Crippen LogP contribution in [0.4, 0.5) is 10.3 Å². The van der Waals surface area contributed by atoms with Gasteiger partial charge in [0.25, 0.3) is 5.56 Å². The van der Waals surface area contributed by atoms with E-state index in [4.69, 9.17) is 4.74 Å². The Morgan fingerprint density at radius 2 is 1.94 bits per heavy atom. The minimum absolute atomic E-state index is 0.0392. The van der Waals surface area contributed by atoms with Gasteiger partial charge in [0.15, 0.2) is 5.75 Å². The van der Waals surface area contributed by atoms with Gasteiger partial charge >= 0.3 is 0 Å². The van der Waals surface area contributed by atoms with Crippen molar-refractivity contribution in [2.24, 2.45) is 0 Å². The molecule has 8 nitrogen and oxygen atoms in total. The van der Waals surface area contributed by atoms with Gasteiger partial charge in [-0.2, -0.15) is 9.94 Å². The van der Waals surface area contributed by atoms with Gasteiger partial charge in [-0.1, -0.05) is 15.9 Å². The van der Waals surface area contributed by atoms with E-state index in [0.717, 1.165) is 10.2 Å². The van der Waals surface area contributed by atoms with Crippen molar-refractivity contribution in [3.05, 3.63) is 68.6 Å². The van der Waals surface area contributed by atoms with Gasteiger partial charge in [-0.05, 0) is 30.7 Å². The normalized spacial score (nSPS) is 14.3. The zero-order chi connectivity index (χ0) is 22.0. The quantitative estimate of drug-likeness (QED) is 0.560. The monoisotopic (exact) mass is 484 g/mol. The molecular formula is C21H18BrFN6O2. The van der Waals surface area contributed by atoms with Gasteiger partial charge in [-0.3, -0.25) is 4.79 Å². The van der Waals surface area contributed by atoms with Gasteiger partial charge in [0.05, 0.1) is 6.07 Å². The number of hydrogen-bond donors (Lipinski definition) is 0. The zero-order valence-corrected chi connectivity index (χ0v) is 18.2. The van der Waals surface area contributed by atoms with Crippen molar-refractivity contribution in [1.82, 2.24) is 19.7 Å². The van der Waals surface area contributed by atoms with Crippen LogP contribution in [0.3, 0.4) is 0 Å². The minimum atomic E-state index is -0.632. The van der Waals surface area contributed by atoms with Crippen LogP contribution in [0.15, 0.2) is 45.9 Å².